The van der Waals surface area contributed by atoms with E-state index in [1.54, 1.807) is 6.26 Å². The predicted molar refractivity (Wildman–Crippen MR) is 103 cm³/mol. The fourth-order valence-corrected chi connectivity index (χ4v) is 2.18. The third-order valence-corrected chi connectivity index (χ3v) is 3.25. The molecule has 6 heteroatoms. The Morgan fingerprint density at radius 3 is 2.59 bits per heavy atom. The molecule has 0 aliphatic rings. The topological polar surface area (TPSA) is 52.8 Å². The summed E-state index contributed by atoms with van der Waals surface area (Å²) in [6.45, 7) is 10.1. The van der Waals surface area contributed by atoms with Crippen LogP contribution < -0.4 is 10.6 Å². The molecule has 124 valence electrons. The van der Waals surface area contributed by atoms with E-state index in [0.29, 0.717) is 13.1 Å². The maximum Gasteiger partial charge on any atom is 0.192 e. The van der Waals surface area contributed by atoms with Gasteiger partial charge in [-0.3, -0.25) is 9.89 Å². The van der Waals surface area contributed by atoms with Crippen LogP contribution in [-0.2, 0) is 0 Å². The summed E-state index contributed by atoms with van der Waals surface area (Å²) in [5, 5.41) is 6.29. The second-order valence-corrected chi connectivity index (χ2v) is 4.53. The van der Waals surface area contributed by atoms with E-state index in [2.05, 4.69) is 40.3 Å². The quantitative estimate of drug-likeness (QED) is 0.295. The first-order chi connectivity index (χ1) is 10.3. The first-order valence-electron chi connectivity index (χ1n) is 7.49. The van der Waals surface area contributed by atoms with Crippen LogP contribution in [-0.4, -0.2) is 43.6 Å². The Kier molecular flexibility index (Phi) is 11.7. The molecule has 0 aromatic carbocycles. The van der Waals surface area contributed by atoms with E-state index in [4.69, 9.17) is 10.8 Å². The molecule has 1 aromatic rings. The molecule has 0 saturated heterocycles. The fourth-order valence-electron chi connectivity index (χ4n) is 2.18. The van der Waals surface area contributed by atoms with Crippen LogP contribution >= 0.6 is 24.0 Å². The Morgan fingerprint density at radius 2 is 2.09 bits per heavy atom. The first-order valence-corrected chi connectivity index (χ1v) is 7.49. The SMILES string of the molecule is C#CCNC(=NCC(c1ccco1)N(CC)CC)NCC.I. The van der Waals surface area contributed by atoms with Crippen molar-refractivity contribution >= 4 is 29.9 Å². The fraction of sp³-hybridized carbons (Fsp3) is 0.562. The summed E-state index contributed by atoms with van der Waals surface area (Å²) in [5.74, 6) is 4.23. The van der Waals surface area contributed by atoms with E-state index in [-0.39, 0.29) is 30.0 Å². The van der Waals surface area contributed by atoms with Gasteiger partial charge in [0.15, 0.2) is 5.96 Å². The van der Waals surface area contributed by atoms with E-state index in [9.17, 15) is 0 Å². The molecular formula is C16H27IN4O. The standard InChI is InChI=1S/C16H26N4O.HI/c1-5-11-18-16(17-6-2)19-13-14(20(7-3)8-4)15-10-9-12-21-15;/h1,9-10,12,14H,6-8,11,13H2,2-4H3,(H2,17,18,19);1H. The Morgan fingerprint density at radius 1 is 1.36 bits per heavy atom. The van der Waals surface area contributed by atoms with Crippen LogP contribution in [0, 0.1) is 12.3 Å². The van der Waals surface area contributed by atoms with Gasteiger partial charge < -0.3 is 15.1 Å². The third-order valence-electron chi connectivity index (χ3n) is 3.25. The van der Waals surface area contributed by atoms with E-state index >= 15 is 0 Å². The number of likely N-dealkylation sites (N-methyl/N-ethyl adjacent to an activating group) is 1. The highest BCUT2D eigenvalue weighted by Crippen LogP contribution is 2.21. The largest absolute Gasteiger partial charge is 0.468 e. The highest BCUT2D eigenvalue weighted by atomic mass is 127. The average Bonchev–Trinajstić information content (AvgIpc) is 3.02. The molecule has 0 fully saturated rings. The van der Waals surface area contributed by atoms with Crippen LogP contribution in [0.2, 0.25) is 0 Å². The molecule has 0 bridgehead atoms. The van der Waals surface area contributed by atoms with Crippen LogP contribution in [0.5, 0.6) is 0 Å². The normalized spacial score (nSPS) is 12.4. The molecule has 1 unspecified atom stereocenters. The molecule has 0 spiro atoms. The molecule has 0 aliphatic carbocycles. The minimum atomic E-state index is 0. The lowest BCUT2D eigenvalue weighted by molar-refractivity contribution is 0.198. The Labute approximate surface area is 151 Å². The van der Waals surface area contributed by atoms with Crippen LogP contribution in [0.3, 0.4) is 0 Å². The maximum atomic E-state index is 5.57. The number of guanidine groups is 1. The molecule has 22 heavy (non-hydrogen) atoms. The summed E-state index contributed by atoms with van der Waals surface area (Å²) in [6.07, 6.45) is 6.98. The lowest BCUT2D eigenvalue weighted by atomic mass is 10.2. The zero-order valence-corrected chi connectivity index (χ0v) is 16.0. The summed E-state index contributed by atoms with van der Waals surface area (Å²) in [5.41, 5.74) is 0. The summed E-state index contributed by atoms with van der Waals surface area (Å²) < 4.78 is 5.57. The van der Waals surface area contributed by atoms with Crippen molar-refractivity contribution in [2.45, 2.75) is 26.8 Å². The number of terminal acetylenes is 1. The molecule has 0 saturated carbocycles. The van der Waals surface area contributed by atoms with Crippen molar-refractivity contribution in [2.75, 3.05) is 32.7 Å². The monoisotopic (exact) mass is 418 g/mol. The smallest absolute Gasteiger partial charge is 0.192 e. The van der Waals surface area contributed by atoms with Gasteiger partial charge in [-0.05, 0) is 32.1 Å². The number of hydrogen-bond donors (Lipinski definition) is 2. The average molecular weight is 418 g/mol. The molecule has 0 amide bonds. The van der Waals surface area contributed by atoms with Gasteiger partial charge >= 0.3 is 0 Å². The zero-order valence-electron chi connectivity index (χ0n) is 13.6. The second kappa shape index (κ2) is 12.4. The lowest BCUT2D eigenvalue weighted by Gasteiger charge is -2.27. The van der Waals surface area contributed by atoms with E-state index in [0.717, 1.165) is 31.4 Å². The van der Waals surface area contributed by atoms with Gasteiger partial charge in [0.25, 0.3) is 0 Å². The van der Waals surface area contributed by atoms with Crippen molar-refractivity contribution in [2.24, 2.45) is 4.99 Å². The number of hydrogen-bond acceptors (Lipinski definition) is 3. The molecule has 5 nitrogen and oxygen atoms in total. The van der Waals surface area contributed by atoms with Crippen molar-refractivity contribution < 1.29 is 4.42 Å². The van der Waals surface area contributed by atoms with E-state index in [1.165, 1.54) is 0 Å². The van der Waals surface area contributed by atoms with Crippen LogP contribution in [0.25, 0.3) is 0 Å². The van der Waals surface area contributed by atoms with Gasteiger partial charge in [0.05, 0.1) is 25.4 Å². The van der Waals surface area contributed by atoms with Crippen molar-refractivity contribution in [3.8, 4) is 12.3 Å². The second-order valence-electron chi connectivity index (χ2n) is 4.53. The van der Waals surface area contributed by atoms with Crippen molar-refractivity contribution in [3.63, 3.8) is 0 Å². The summed E-state index contributed by atoms with van der Waals surface area (Å²) in [7, 11) is 0. The molecule has 1 atom stereocenters. The van der Waals surface area contributed by atoms with Gasteiger partial charge in [0.1, 0.15) is 5.76 Å². The number of aliphatic imine (C=N–C) groups is 1. The van der Waals surface area contributed by atoms with Gasteiger partial charge in [-0.25, -0.2) is 0 Å². The molecule has 1 aromatic heterocycles. The summed E-state index contributed by atoms with van der Waals surface area (Å²) in [6, 6.07) is 4.05. The molecule has 1 rings (SSSR count). The highest BCUT2D eigenvalue weighted by Gasteiger charge is 2.20. The molecule has 1 heterocycles. The number of nitrogens with zero attached hydrogens (tertiary/aromatic N) is 2. The van der Waals surface area contributed by atoms with E-state index in [1.807, 2.05) is 19.1 Å². The summed E-state index contributed by atoms with van der Waals surface area (Å²) >= 11 is 0. The van der Waals surface area contributed by atoms with Gasteiger partial charge in [0, 0.05) is 6.54 Å². The molecule has 0 radical (unpaired) electrons. The van der Waals surface area contributed by atoms with Gasteiger partial charge in [-0.15, -0.1) is 30.4 Å². The highest BCUT2D eigenvalue weighted by molar-refractivity contribution is 14.0. The maximum absolute atomic E-state index is 5.57. The molecular weight excluding hydrogens is 391 g/mol. The van der Waals surface area contributed by atoms with Gasteiger partial charge in [-0.2, -0.15) is 0 Å². The predicted octanol–water partition coefficient (Wildman–Crippen LogP) is 2.47. The number of halogens is 1. The Hall–Kier alpha value is -1.20. The van der Waals surface area contributed by atoms with Crippen LogP contribution in [0.1, 0.15) is 32.6 Å². The minimum Gasteiger partial charge on any atom is -0.468 e. The Balaban J connectivity index is 0.00000441. The minimum absolute atomic E-state index is 0. The first kappa shape index (κ1) is 20.8. The van der Waals surface area contributed by atoms with Crippen molar-refractivity contribution in [3.05, 3.63) is 24.2 Å². The van der Waals surface area contributed by atoms with Crippen molar-refractivity contribution in [1.29, 1.82) is 0 Å². The lowest BCUT2D eigenvalue weighted by Crippen LogP contribution is -2.38. The molecule has 2 N–H and O–H groups in total. The van der Waals surface area contributed by atoms with E-state index < -0.39 is 0 Å². The zero-order chi connectivity index (χ0) is 15.5. The number of nitrogens with one attached hydrogen (secondary N) is 2. The van der Waals surface area contributed by atoms with Gasteiger partial charge in [0.2, 0.25) is 0 Å². The molecule has 0 aliphatic heterocycles. The van der Waals surface area contributed by atoms with Crippen LogP contribution in [0.15, 0.2) is 27.8 Å². The van der Waals surface area contributed by atoms with Gasteiger partial charge in [-0.1, -0.05) is 19.8 Å². The van der Waals surface area contributed by atoms with Crippen LogP contribution in [0.4, 0.5) is 0 Å². The number of furan rings is 1. The summed E-state index contributed by atoms with van der Waals surface area (Å²) in [4.78, 5) is 6.95. The van der Waals surface area contributed by atoms with Crippen molar-refractivity contribution in [1.82, 2.24) is 15.5 Å². The third kappa shape index (κ3) is 6.71. The Bertz CT molecular complexity index is 449. The number of rotatable bonds is 8.